The summed E-state index contributed by atoms with van der Waals surface area (Å²) in [5.74, 6) is 1.80. The summed E-state index contributed by atoms with van der Waals surface area (Å²) < 4.78 is 11.0. The third kappa shape index (κ3) is 2.55. The summed E-state index contributed by atoms with van der Waals surface area (Å²) in [6.45, 7) is 1.90. The molecular formula is C15H21NO3. The van der Waals surface area contributed by atoms with Gasteiger partial charge >= 0.3 is 0 Å². The Hall–Kier alpha value is -1.26. The van der Waals surface area contributed by atoms with E-state index in [0.717, 1.165) is 43.9 Å². The molecular weight excluding hydrogens is 242 g/mol. The second-order valence-corrected chi connectivity index (χ2v) is 5.63. The summed E-state index contributed by atoms with van der Waals surface area (Å²) in [5, 5.41) is 13.0. The maximum atomic E-state index is 9.38. The topological polar surface area (TPSA) is 50.7 Å². The van der Waals surface area contributed by atoms with Crippen LogP contribution in [0.25, 0.3) is 0 Å². The molecule has 1 fully saturated rings. The minimum Gasteiger partial charge on any atom is -0.497 e. The Kier molecular flexibility index (Phi) is 3.37. The molecule has 2 aliphatic rings. The summed E-state index contributed by atoms with van der Waals surface area (Å²) in [5.41, 5.74) is 1.30. The Morgan fingerprint density at radius 2 is 2.32 bits per heavy atom. The third-order valence-electron chi connectivity index (χ3n) is 4.27. The number of hydrogen-bond acceptors (Lipinski definition) is 4. The van der Waals surface area contributed by atoms with Gasteiger partial charge in [-0.2, -0.15) is 0 Å². The quantitative estimate of drug-likeness (QED) is 0.851. The van der Waals surface area contributed by atoms with Crippen LogP contribution in [0.2, 0.25) is 0 Å². The molecule has 0 radical (unpaired) electrons. The van der Waals surface area contributed by atoms with E-state index in [1.807, 2.05) is 18.2 Å². The van der Waals surface area contributed by atoms with Crippen molar-refractivity contribution in [3.63, 3.8) is 0 Å². The summed E-state index contributed by atoms with van der Waals surface area (Å²) in [7, 11) is 1.68. The molecule has 1 aromatic carbocycles. The summed E-state index contributed by atoms with van der Waals surface area (Å²) in [6, 6.07) is 6.24. The molecule has 1 saturated carbocycles. The number of methoxy groups -OCH3 is 1. The summed E-state index contributed by atoms with van der Waals surface area (Å²) >= 11 is 0. The molecule has 0 amide bonds. The molecule has 0 bridgehead atoms. The minimum absolute atomic E-state index is 0.136. The van der Waals surface area contributed by atoms with E-state index in [0.29, 0.717) is 6.04 Å². The van der Waals surface area contributed by atoms with Crippen LogP contribution in [0.5, 0.6) is 11.5 Å². The summed E-state index contributed by atoms with van der Waals surface area (Å²) in [6.07, 6.45) is 3.22. The van der Waals surface area contributed by atoms with Gasteiger partial charge in [0, 0.05) is 36.6 Å². The van der Waals surface area contributed by atoms with E-state index in [-0.39, 0.29) is 12.0 Å². The van der Waals surface area contributed by atoms with E-state index in [1.54, 1.807) is 7.11 Å². The number of aliphatic hydroxyl groups excluding tert-OH is 1. The Morgan fingerprint density at radius 1 is 1.47 bits per heavy atom. The van der Waals surface area contributed by atoms with Gasteiger partial charge in [-0.3, -0.25) is 0 Å². The fourth-order valence-electron chi connectivity index (χ4n) is 2.62. The van der Waals surface area contributed by atoms with Gasteiger partial charge in [0.15, 0.2) is 0 Å². The third-order valence-corrected chi connectivity index (χ3v) is 4.27. The van der Waals surface area contributed by atoms with Crippen molar-refractivity contribution >= 4 is 0 Å². The zero-order valence-corrected chi connectivity index (χ0v) is 11.3. The highest BCUT2D eigenvalue weighted by molar-refractivity contribution is 5.43. The van der Waals surface area contributed by atoms with Crippen LogP contribution in [0.15, 0.2) is 18.2 Å². The molecule has 4 heteroatoms. The Balaban J connectivity index is 1.73. The monoisotopic (exact) mass is 263 g/mol. The highest BCUT2D eigenvalue weighted by Crippen LogP contribution is 2.45. The highest BCUT2D eigenvalue weighted by atomic mass is 16.5. The molecule has 0 spiro atoms. The second kappa shape index (κ2) is 5.02. The zero-order valence-electron chi connectivity index (χ0n) is 11.3. The van der Waals surface area contributed by atoms with Gasteiger partial charge in [-0.15, -0.1) is 0 Å². The Morgan fingerprint density at radius 3 is 3.00 bits per heavy atom. The van der Waals surface area contributed by atoms with Crippen LogP contribution in [0.3, 0.4) is 0 Å². The van der Waals surface area contributed by atoms with Gasteiger partial charge in [0.1, 0.15) is 11.5 Å². The SMILES string of the molecule is COc1ccc2c(c1)C(NCC1(CO)CC1)CCO2. The molecule has 1 aliphatic heterocycles. The number of rotatable bonds is 5. The zero-order chi connectivity index (χ0) is 13.3. The molecule has 2 N–H and O–H groups in total. The van der Waals surface area contributed by atoms with Gasteiger partial charge in [0.25, 0.3) is 0 Å². The van der Waals surface area contributed by atoms with E-state index in [1.165, 1.54) is 5.56 Å². The highest BCUT2D eigenvalue weighted by Gasteiger charge is 2.42. The maximum absolute atomic E-state index is 9.38. The van der Waals surface area contributed by atoms with E-state index in [2.05, 4.69) is 5.32 Å². The van der Waals surface area contributed by atoms with Crippen molar-refractivity contribution in [3.8, 4) is 11.5 Å². The predicted octanol–water partition coefficient (Wildman–Crippen LogP) is 1.88. The molecule has 1 atom stereocenters. The van der Waals surface area contributed by atoms with Crippen LogP contribution in [-0.2, 0) is 0 Å². The van der Waals surface area contributed by atoms with Crippen LogP contribution in [0, 0.1) is 5.41 Å². The fraction of sp³-hybridized carbons (Fsp3) is 0.600. The molecule has 19 heavy (non-hydrogen) atoms. The molecule has 0 saturated heterocycles. The maximum Gasteiger partial charge on any atom is 0.124 e. The van der Waals surface area contributed by atoms with Crippen LogP contribution in [-0.4, -0.2) is 32.0 Å². The average molecular weight is 263 g/mol. The first-order valence-electron chi connectivity index (χ1n) is 6.91. The number of ether oxygens (including phenoxy) is 2. The van der Waals surface area contributed by atoms with E-state index in [9.17, 15) is 5.11 Å². The van der Waals surface area contributed by atoms with Crippen molar-refractivity contribution < 1.29 is 14.6 Å². The minimum atomic E-state index is 0.136. The van der Waals surface area contributed by atoms with E-state index >= 15 is 0 Å². The van der Waals surface area contributed by atoms with Crippen molar-refractivity contribution in [2.75, 3.05) is 26.9 Å². The molecule has 104 valence electrons. The lowest BCUT2D eigenvalue weighted by Gasteiger charge is -2.28. The lowest BCUT2D eigenvalue weighted by Crippen LogP contribution is -2.33. The number of fused-ring (bicyclic) bond motifs is 1. The van der Waals surface area contributed by atoms with Crippen molar-refractivity contribution in [2.45, 2.75) is 25.3 Å². The lowest BCUT2D eigenvalue weighted by atomic mass is 9.99. The molecule has 4 nitrogen and oxygen atoms in total. The van der Waals surface area contributed by atoms with Gasteiger partial charge in [0.2, 0.25) is 0 Å². The van der Waals surface area contributed by atoms with Crippen LogP contribution in [0.4, 0.5) is 0 Å². The summed E-state index contributed by atoms with van der Waals surface area (Å²) in [4.78, 5) is 0. The first-order valence-corrected chi connectivity index (χ1v) is 6.91. The molecule has 1 aliphatic carbocycles. The van der Waals surface area contributed by atoms with Crippen molar-refractivity contribution in [1.82, 2.24) is 5.32 Å². The lowest BCUT2D eigenvalue weighted by molar-refractivity contribution is 0.194. The smallest absolute Gasteiger partial charge is 0.124 e. The van der Waals surface area contributed by atoms with Crippen molar-refractivity contribution in [1.29, 1.82) is 0 Å². The average Bonchev–Trinajstić information content (AvgIpc) is 3.25. The Bertz CT molecular complexity index is 457. The fourth-order valence-corrected chi connectivity index (χ4v) is 2.62. The second-order valence-electron chi connectivity index (χ2n) is 5.63. The number of benzene rings is 1. The molecule has 1 aromatic rings. The Labute approximate surface area is 113 Å². The first kappa shape index (κ1) is 12.8. The van der Waals surface area contributed by atoms with Crippen LogP contribution >= 0.6 is 0 Å². The van der Waals surface area contributed by atoms with Crippen LogP contribution < -0.4 is 14.8 Å². The first-order chi connectivity index (χ1) is 9.26. The number of aliphatic hydroxyl groups is 1. The standard InChI is InChI=1S/C15H21NO3/c1-18-11-2-3-14-12(8-11)13(4-7-19-14)16-9-15(10-17)5-6-15/h2-3,8,13,16-17H,4-7,9-10H2,1H3. The van der Waals surface area contributed by atoms with Crippen molar-refractivity contribution in [2.24, 2.45) is 5.41 Å². The van der Waals surface area contributed by atoms with E-state index < -0.39 is 0 Å². The van der Waals surface area contributed by atoms with Gasteiger partial charge in [0.05, 0.1) is 13.7 Å². The molecule has 1 heterocycles. The molecule has 0 aromatic heterocycles. The van der Waals surface area contributed by atoms with Crippen molar-refractivity contribution in [3.05, 3.63) is 23.8 Å². The molecule has 1 unspecified atom stereocenters. The number of hydrogen-bond donors (Lipinski definition) is 2. The van der Waals surface area contributed by atoms with Crippen LogP contribution in [0.1, 0.15) is 30.9 Å². The van der Waals surface area contributed by atoms with Gasteiger partial charge in [-0.1, -0.05) is 0 Å². The predicted molar refractivity (Wildman–Crippen MR) is 72.6 cm³/mol. The van der Waals surface area contributed by atoms with E-state index in [4.69, 9.17) is 9.47 Å². The van der Waals surface area contributed by atoms with Gasteiger partial charge in [-0.05, 0) is 31.0 Å². The normalized spacial score (nSPS) is 23.4. The molecule has 3 rings (SSSR count). The van der Waals surface area contributed by atoms with Gasteiger partial charge in [-0.25, -0.2) is 0 Å². The largest absolute Gasteiger partial charge is 0.497 e. The van der Waals surface area contributed by atoms with Gasteiger partial charge < -0.3 is 19.9 Å². The number of nitrogens with one attached hydrogen (secondary N) is 1.